The standard InChI is InChI=1S/C15H20N4O4/c1-22-15(21)12-10-19(9-11-13(12)16-17-14(11)20)4-2-3-18-5-7-23-8-6-18/h9-10H,2-8H2,1H3,(H,17,20). The number of nitrogens with one attached hydrogen (secondary N) is 1. The molecule has 1 saturated heterocycles. The van der Waals surface area contributed by atoms with Crippen LogP contribution in [0, 0.1) is 0 Å². The number of aromatic amines is 1. The smallest absolute Gasteiger partial charge is 0.341 e. The van der Waals surface area contributed by atoms with E-state index in [1.165, 1.54) is 7.11 Å². The Morgan fingerprint density at radius 2 is 2.13 bits per heavy atom. The summed E-state index contributed by atoms with van der Waals surface area (Å²) < 4.78 is 12.0. The number of carbonyl (C=O) groups excluding carboxylic acids is 1. The minimum absolute atomic E-state index is 0.298. The van der Waals surface area contributed by atoms with Gasteiger partial charge in [-0.2, -0.15) is 5.10 Å². The maximum Gasteiger partial charge on any atom is 0.341 e. The maximum absolute atomic E-state index is 11.9. The molecule has 3 aliphatic heterocycles. The number of hydrogen-bond acceptors (Lipinski definition) is 6. The topological polar surface area (TPSA) is 89.5 Å². The molecule has 0 amide bonds. The molecule has 124 valence electrons. The van der Waals surface area contributed by atoms with Crippen molar-refractivity contribution >= 4 is 5.97 Å². The van der Waals surface area contributed by atoms with Crippen LogP contribution in [0.2, 0.25) is 0 Å². The molecule has 0 aromatic rings. The van der Waals surface area contributed by atoms with Gasteiger partial charge in [-0.1, -0.05) is 0 Å². The van der Waals surface area contributed by atoms with Crippen molar-refractivity contribution in [1.82, 2.24) is 19.7 Å². The molecule has 0 aromatic carbocycles. The lowest BCUT2D eigenvalue weighted by atomic mass is 10.1. The highest BCUT2D eigenvalue weighted by atomic mass is 16.5. The number of rotatable bonds is 5. The molecule has 0 bridgehead atoms. The maximum atomic E-state index is 11.9. The number of morpholine rings is 1. The third-order valence-electron chi connectivity index (χ3n) is 4.01. The van der Waals surface area contributed by atoms with Gasteiger partial charge in [-0.3, -0.25) is 9.69 Å². The number of aryl methyl sites for hydroxylation is 1. The van der Waals surface area contributed by atoms with E-state index in [9.17, 15) is 9.59 Å². The second kappa shape index (κ2) is 6.93. The zero-order chi connectivity index (χ0) is 16.2. The Labute approximate surface area is 133 Å². The molecule has 3 heterocycles. The first-order valence-electron chi connectivity index (χ1n) is 7.65. The number of H-pyrrole nitrogens is 1. The van der Waals surface area contributed by atoms with Gasteiger partial charge in [0.2, 0.25) is 0 Å². The van der Waals surface area contributed by atoms with Crippen LogP contribution in [0.5, 0.6) is 0 Å². The number of ether oxygens (including phenoxy) is 2. The summed E-state index contributed by atoms with van der Waals surface area (Å²) in [7, 11) is 1.31. The predicted octanol–water partition coefficient (Wildman–Crippen LogP) is 0.185. The van der Waals surface area contributed by atoms with Crippen LogP contribution in [-0.2, 0) is 16.0 Å². The molecule has 1 N–H and O–H groups in total. The van der Waals surface area contributed by atoms with Crippen molar-refractivity contribution in [1.29, 1.82) is 0 Å². The summed E-state index contributed by atoms with van der Waals surface area (Å²) in [6.07, 6.45) is 4.34. The van der Waals surface area contributed by atoms with Gasteiger partial charge in [0, 0.05) is 38.6 Å². The minimum Gasteiger partial charge on any atom is -0.465 e. The van der Waals surface area contributed by atoms with Crippen LogP contribution >= 0.6 is 0 Å². The van der Waals surface area contributed by atoms with Crippen LogP contribution in [0.25, 0.3) is 11.3 Å². The van der Waals surface area contributed by atoms with E-state index in [0.29, 0.717) is 23.4 Å². The van der Waals surface area contributed by atoms with E-state index < -0.39 is 5.97 Å². The lowest BCUT2D eigenvalue weighted by Gasteiger charge is -2.26. The first-order chi connectivity index (χ1) is 11.2. The summed E-state index contributed by atoms with van der Waals surface area (Å²) in [5.74, 6) is -0.496. The lowest BCUT2D eigenvalue weighted by Crippen LogP contribution is -2.37. The highest BCUT2D eigenvalue weighted by Crippen LogP contribution is 2.20. The Bertz CT molecular complexity index is 702. The summed E-state index contributed by atoms with van der Waals surface area (Å²) in [5.41, 5.74) is 0.757. The molecule has 0 radical (unpaired) electrons. The van der Waals surface area contributed by atoms with Gasteiger partial charge < -0.3 is 14.0 Å². The first-order valence-corrected chi connectivity index (χ1v) is 7.65. The summed E-state index contributed by atoms with van der Waals surface area (Å²) in [6.45, 7) is 5.12. The lowest BCUT2D eigenvalue weighted by molar-refractivity contribution is 0.0369. The van der Waals surface area contributed by atoms with E-state index in [2.05, 4.69) is 15.1 Å². The number of aromatic nitrogens is 3. The van der Waals surface area contributed by atoms with Crippen molar-refractivity contribution in [2.24, 2.45) is 0 Å². The van der Waals surface area contributed by atoms with Gasteiger partial charge in [-0.05, 0) is 6.42 Å². The zero-order valence-corrected chi connectivity index (χ0v) is 13.1. The Hall–Kier alpha value is -2.19. The van der Waals surface area contributed by atoms with Gasteiger partial charge in [-0.15, -0.1) is 0 Å². The van der Waals surface area contributed by atoms with Crippen LogP contribution in [0.15, 0.2) is 17.2 Å². The minimum atomic E-state index is -0.496. The Kier molecular flexibility index (Phi) is 4.73. The van der Waals surface area contributed by atoms with E-state index in [-0.39, 0.29) is 5.56 Å². The van der Waals surface area contributed by atoms with Crippen molar-refractivity contribution in [2.45, 2.75) is 13.0 Å². The Morgan fingerprint density at radius 1 is 1.35 bits per heavy atom. The second-order valence-electron chi connectivity index (χ2n) is 5.52. The molecule has 23 heavy (non-hydrogen) atoms. The van der Waals surface area contributed by atoms with E-state index >= 15 is 0 Å². The van der Waals surface area contributed by atoms with Gasteiger partial charge in [-0.25, -0.2) is 9.89 Å². The molecule has 0 aliphatic carbocycles. The molecule has 0 atom stereocenters. The molecule has 8 nitrogen and oxygen atoms in total. The van der Waals surface area contributed by atoms with Crippen molar-refractivity contribution in [3.63, 3.8) is 0 Å². The summed E-state index contributed by atoms with van der Waals surface area (Å²) in [4.78, 5) is 26.1. The van der Waals surface area contributed by atoms with Crippen LogP contribution in [0.3, 0.4) is 0 Å². The number of fused-ring (bicyclic) bond motifs is 1. The van der Waals surface area contributed by atoms with Crippen LogP contribution < -0.4 is 5.56 Å². The third-order valence-corrected chi connectivity index (χ3v) is 4.01. The monoisotopic (exact) mass is 320 g/mol. The van der Waals surface area contributed by atoms with Gasteiger partial charge in [0.25, 0.3) is 5.56 Å². The van der Waals surface area contributed by atoms with Gasteiger partial charge in [0.05, 0.1) is 25.9 Å². The fourth-order valence-corrected chi connectivity index (χ4v) is 2.78. The van der Waals surface area contributed by atoms with E-state index in [4.69, 9.17) is 9.47 Å². The summed E-state index contributed by atoms with van der Waals surface area (Å²) in [6, 6.07) is 0. The zero-order valence-electron chi connectivity index (χ0n) is 13.1. The molecule has 0 saturated carbocycles. The first kappa shape index (κ1) is 15.7. The van der Waals surface area contributed by atoms with Crippen molar-refractivity contribution in [3.8, 4) is 11.3 Å². The Balaban J connectivity index is 1.74. The second-order valence-corrected chi connectivity index (χ2v) is 5.52. The van der Waals surface area contributed by atoms with Gasteiger partial charge in [0.15, 0.2) is 0 Å². The number of pyridine rings is 1. The summed E-state index contributed by atoms with van der Waals surface area (Å²) >= 11 is 0. The number of carbonyl (C=O) groups is 1. The molecule has 8 heteroatoms. The fraction of sp³-hybridized carbons (Fsp3) is 0.533. The van der Waals surface area contributed by atoms with Gasteiger partial charge in [0.1, 0.15) is 11.3 Å². The SMILES string of the molecule is COC(=O)c1cn(CCCN2CCOCC2)cc2c(=O)[nH]nc1-2. The van der Waals surface area contributed by atoms with Crippen molar-refractivity contribution in [2.75, 3.05) is 40.0 Å². The van der Waals surface area contributed by atoms with E-state index in [1.807, 2.05) is 4.57 Å². The number of nitrogens with zero attached hydrogens (tertiary/aromatic N) is 3. The third kappa shape index (κ3) is 3.43. The molecule has 0 spiro atoms. The normalized spacial score (nSPS) is 15.9. The van der Waals surface area contributed by atoms with E-state index in [0.717, 1.165) is 39.3 Å². The predicted molar refractivity (Wildman–Crippen MR) is 82.7 cm³/mol. The molecular formula is C15H20N4O4. The molecule has 0 aromatic heterocycles. The molecule has 0 unspecified atom stereocenters. The fourth-order valence-electron chi connectivity index (χ4n) is 2.78. The quantitative estimate of drug-likeness (QED) is 0.791. The number of hydrogen-bond donors (Lipinski definition) is 1. The molecular weight excluding hydrogens is 300 g/mol. The van der Waals surface area contributed by atoms with Crippen LogP contribution in [0.4, 0.5) is 0 Å². The molecule has 1 fully saturated rings. The average Bonchev–Trinajstić information content (AvgIpc) is 2.96. The highest BCUT2D eigenvalue weighted by molar-refractivity contribution is 5.95. The van der Waals surface area contributed by atoms with E-state index in [1.54, 1.807) is 12.4 Å². The Morgan fingerprint density at radius 3 is 2.87 bits per heavy atom. The molecule has 3 rings (SSSR count). The summed E-state index contributed by atoms with van der Waals surface area (Å²) in [5, 5.41) is 6.29. The van der Waals surface area contributed by atoms with Gasteiger partial charge >= 0.3 is 5.97 Å². The van der Waals surface area contributed by atoms with Crippen molar-refractivity contribution in [3.05, 3.63) is 28.3 Å². The van der Waals surface area contributed by atoms with Crippen molar-refractivity contribution < 1.29 is 14.3 Å². The average molecular weight is 320 g/mol. The number of methoxy groups -OCH3 is 1. The van der Waals surface area contributed by atoms with Crippen LogP contribution in [0.1, 0.15) is 16.8 Å². The number of esters is 1. The molecule has 3 aliphatic rings. The largest absolute Gasteiger partial charge is 0.465 e. The highest BCUT2D eigenvalue weighted by Gasteiger charge is 2.21. The van der Waals surface area contributed by atoms with Crippen LogP contribution in [-0.4, -0.2) is 65.6 Å².